The molecule has 0 aromatic carbocycles. The number of allylic oxidation sites excluding steroid dienone is 2. The van der Waals surface area contributed by atoms with Gasteiger partial charge in [0, 0.05) is 11.5 Å². The molecule has 0 saturated heterocycles. The molecule has 0 aromatic rings. The molecule has 0 unspecified atom stereocenters. The van der Waals surface area contributed by atoms with Crippen molar-refractivity contribution in [2.75, 3.05) is 6.54 Å². The van der Waals surface area contributed by atoms with Crippen molar-refractivity contribution in [1.82, 2.24) is 5.32 Å². The largest absolute Gasteiger partial charge is 0.392 e. The zero-order chi connectivity index (χ0) is 20.6. The highest BCUT2D eigenvalue weighted by molar-refractivity contribution is 5.18. The number of unbranched alkanes of at least 4 members (excludes halogenated alkanes) is 4. The van der Waals surface area contributed by atoms with Crippen LogP contribution in [0.4, 0.5) is 0 Å². The third kappa shape index (κ3) is 8.00. The summed E-state index contributed by atoms with van der Waals surface area (Å²) in [6, 6.07) is 0. The van der Waals surface area contributed by atoms with Crippen molar-refractivity contribution < 1.29 is 10.2 Å². The lowest BCUT2D eigenvalue weighted by Gasteiger charge is -2.20. The summed E-state index contributed by atoms with van der Waals surface area (Å²) in [5, 5.41) is 24.2. The molecular formula is C25H45NO2. The van der Waals surface area contributed by atoms with E-state index in [1.807, 2.05) is 6.08 Å². The predicted molar refractivity (Wildman–Crippen MR) is 119 cm³/mol. The normalized spacial score (nSPS) is 30.4. The minimum Gasteiger partial charge on any atom is -0.392 e. The highest BCUT2D eigenvalue weighted by atomic mass is 16.3. The van der Waals surface area contributed by atoms with Crippen molar-refractivity contribution in [3.05, 3.63) is 23.8 Å². The Labute approximate surface area is 173 Å². The average molecular weight is 392 g/mol. The molecule has 2 fully saturated rings. The quantitative estimate of drug-likeness (QED) is 0.327. The van der Waals surface area contributed by atoms with Crippen LogP contribution in [0.15, 0.2) is 23.8 Å². The number of hydrogen-bond donors (Lipinski definition) is 3. The van der Waals surface area contributed by atoms with Crippen molar-refractivity contribution in [3.63, 3.8) is 0 Å². The summed E-state index contributed by atoms with van der Waals surface area (Å²) in [5.74, 6) is 1.44. The lowest BCUT2D eigenvalue weighted by atomic mass is 9.90. The van der Waals surface area contributed by atoms with Crippen LogP contribution >= 0.6 is 0 Å². The van der Waals surface area contributed by atoms with Crippen LogP contribution in [0.25, 0.3) is 0 Å². The number of hydrogen-bond acceptors (Lipinski definition) is 3. The van der Waals surface area contributed by atoms with E-state index in [1.165, 1.54) is 38.5 Å². The van der Waals surface area contributed by atoms with Crippen LogP contribution < -0.4 is 5.32 Å². The number of aliphatic hydroxyl groups excluding tert-OH is 2. The number of aliphatic hydroxyl groups is 2. The topological polar surface area (TPSA) is 52.5 Å². The summed E-state index contributed by atoms with van der Waals surface area (Å²) in [7, 11) is 0. The molecule has 5 atom stereocenters. The maximum atomic E-state index is 10.5. The highest BCUT2D eigenvalue weighted by Crippen LogP contribution is 2.50. The van der Waals surface area contributed by atoms with Gasteiger partial charge in [0.15, 0.2) is 0 Å². The van der Waals surface area contributed by atoms with E-state index in [2.05, 4.69) is 45.2 Å². The van der Waals surface area contributed by atoms with Gasteiger partial charge < -0.3 is 15.5 Å². The molecule has 0 aliphatic heterocycles. The van der Waals surface area contributed by atoms with Crippen LogP contribution in [0.3, 0.4) is 0 Å². The van der Waals surface area contributed by atoms with E-state index >= 15 is 0 Å². The minimum atomic E-state index is -0.351. The van der Waals surface area contributed by atoms with Crippen molar-refractivity contribution >= 4 is 0 Å². The second-order valence-corrected chi connectivity index (χ2v) is 10.2. The molecule has 162 valence electrons. The Morgan fingerprint density at radius 3 is 2.64 bits per heavy atom. The van der Waals surface area contributed by atoms with Gasteiger partial charge in [-0.3, -0.25) is 0 Å². The van der Waals surface area contributed by atoms with Crippen LogP contribution in [0.1, 0.15) is 91.9 Å². The zero-order valence-electron chi connectivity index (χ0n) is 18.8. The van der Waals surface area contributed by atoms with Gasteiger partial charge in [0.2, 0.25) is 0 Å². The Bertz CT molecular complexity index is 505. The molecule has 0 radical (unpaired) electrons. The van der Waals surface area contributed by atoms with Crippen LogP contribution in [0, 0.1) is 17.8 Å². The molecule has 3 heteroatoms. The van der Waals surface area contributed by atoms with Gasteiger partial charge in [-0.05, 0) is 84.1 Å². The predicted octanol–water partition coefficient (Wildman–Crippen LogP) is 5.38. The van der Waals surface area contributed by atoms with Gasteiger partial charge >= 0.3 is 0 Å². The van der Waals surface area contributed by atoms with Crippen LogP contribution in [0.2, 0.25) is 0 Å². The van der Waals surface area contributed by atoms with Gasteiger partial charge in [-0.1, -0.05) is 50.0 Å². The third-order valence-corrected chi connectivity index (χ3v) is 6.49. The molecule has 0 spiro atoms. The molecular weight excluding hydrogens is 346 g/mol. The summed E-state index contributed by atoms with van der Waals surface area (Å²) in [4.78, 5) is 0. The molecule has 0 bridgehead atoms. The lowest BCUT2D eigenvalue weighted by Crippen LogP contribution is -2.36. The Kier molecular flexibility index (Phi) is 9.73. The number of nitrogens with one attached hydrogen (secondary N) is 1. The van der Waals surface area contributed by atoms with Crippen molar-refractivity contribution in [2.24, 2.45) is 17.8 Å². The highest BCUT2D eigenvalue weighted by Gasteiger charge is 2.44. The smallest absolute Gasteiger partial charge is 0.0721 e. The Morgan fingerprint density at radius 2 is 1.93 bits per heavy atom. The SMILES string of the molecule is CCCCC[C@H](O)C=C[C@@H]1[C@H]2CC(=CCCCCNC(C)(C)C)C[C@H]2C[C@H]1O. The maximum Gasteiger partial charge on any atom is 0.0721 e. The first-order valence-electron chi connectivity index (χ1n) is 11.8. The first kappa shape index (κ1) is 23.6. The number of rotatable bonds is 11. The third-order valence-electron chi connectivity index (χ3n) is 6.49. The van der Waals surface area contributed by atoms with E-state index in [-0.39, 0.29) is 23.7 Å². The standard InChI is InChI=1S/C25H45NO2/c1-5-6-8-12-21(27)13-14-22-23-17-19(16-20(23)18-24(22)28)11-9-7-10-15-26-25(2,3)4/h11,13-14,20-24,26-28H,5-10,12,15-18H2,1-4H3/t20-,21-,22+,23-,24+/m0/s1. The van der Waals surface area contributed by atoms with E-state index in [0.717, 1.165) is 32.2 Å². The summed E-state index contributed by atoms with van der Waals surface area (Å²) < 4.78 is 0. The molecule has 2 aliphatic carbocycles. The van der Waals surface area contributed by atoms with Crippen LogP contribution in [-0.4, -0.2) is 34.5 Å². The van der Waals surface area contributed by atoms with E-state index in [1.54, 1.807) is 5.57 Å². The van der Waals surface area contributed by atoms with Gasteiger partial charge in [-0.2, -0.15) is 0 Å². The first-order chi connectivity index (χ1) is 13.3. The molecule has 2 saturated carbocycles. The van der Waals surface area contributed by atoms with Crippen LogP contribution in [-0.2, 0) is 0 Å². The van der Waals surface area contributed by atoms with Gasteiger partial charge in [0.1, 0.15) is 0 Å². The second-order valence-electron chi connectivity index (χ2n) is 10.2. The van der Waals surface area contributed by atoms with Gasteiger partial charge in [-0.15, -0.1) is 0 Å². The monoisotopic (exact) mass is 391 g/mol. The minimum absolute atomic E-state index is 0.217. The van der Waals surface area contributed by atoms with Crippen LogP contribution in [0.5, 0.6) is 0 Å². The van der Waals surface area contributed by atoms with Crippen molar-refractivity contribution in [2.45, 2.75) is 110 Å². The molecule has 2 rings (SSSR count). The first-order valence-corrected chi connectivity index (χ1v) is 11.8. The zero-order valence-corrected chi connectivity index (χ0v) is 18.8. The molecule has 3 nitrogen and oxygen atoms in total. The van der Waals surface area contributed by atoms with Crippen molar-refractivity contribution in [1.29, 1.82) is 0 Å². The van der Waals surface area contributed by atoms with E-state index in [9.17, 15) is 10.2 Å². The summed E-state index contributed by atoms with van der Waals surface area (Å²) in [5.41, 5.74) is 1.82. The lowest BCUT2D eigenvalue weighted by molar-refractivity contribution is 0.139. The molecule has 0 aromatic heterocycles. The fraction of sp³-hybridized carbons (Fsp3) is 0.840. The Hall–Kier alpha value is -0.640. The van der Waals surface area contributed by atoms with Crippen molar-refractivity contribution in [3.8, 4) is 0 Å². The van der Waals surface area contributed by atoms with Gasteiger partial charge in [0.25, 0.3) is 0 Å². The Morgan fingerprint density at radius 1 is 1.14 bits per heavy atom. The maximum absolute atomic E-state index is 10.5. The van der Waals surface area contributed by atoms with Gasteiger partial charge in [0.05, 0.1) is 12.2 Å². The second kappa shape index (κ2) is 11.5. The molecule has 3 N–H and O–H groups in total. The summed E-state index contributed by atoms with van der Waals surface area (Å²) in [6.45, 7) is 9.93. The number of fused-ring (bicyclic) bond motifs is 1. The van der Waals surface area contributed by atoms with E-state index < -0.39 is 0 Å². The summed E-state index contributed by atoms with van der Waals surface area (Å²) in [6.07, 6.45) is 17.2. The molecule has 0 heterocycles. The fourth-order valence-electron chi connectivity index (χ4n) is 4.93. The fourth-order valence-corrected chi connectivity index (χ4v) is 4.93. The van der Waals surface area contributed by atoms with Gasteiger partial charge in [-0.25, -0.2) is 0 Å². The molecule has 0 amide bonds. The average Bonchev–Trinajstić information content (AvgIpc) is 3.12. The summed E-state index contributed by atoms with van der Waals surface area (Å²) >= 11 is 0. The molecule has 2 aliphatic rings. The van der Waals surface area contributed by atoms with E-state index in [4.69, 9.17) is 0 Å². The Balaban J connectivity index is 1.74. The van der Waals surface area contributed by atoms with E-state index in [0.29, 0.717) is 11.8 Å². The molecule has 28 heavy (non-hydrogen) atoms.